The standard InChI is InChI=1S/C20H19ClFN3O/c1-13(17-4-2-3-5-18(17)21)25(16-10-11-16)12-19-23-20(24-26-19)14-6-8-15(22)9-7-14/h2-9,13,16H,10-12H2,1H3. The lowest BCUT2D eigenvalue weighted by molar-refractivity contribution is 0.165. The van der Waals surface area contributed by atoms with Crippen LogP contribution in [0.15, 0.2) is 53.1 Å². The van der Waals surface area contributed by atoms with Gasteiger partial charge in [0.15, 0.2) is 0 Å². The zero-order valence-electron chi connectivity index (χ0n) is 14.4. The molecule has 1 unspecified atom stereocenters. The molecule has 0 radical (unpaired) electrons. The van der Waals surface area contributed by atoms with Crippen LogP contribution < -0.4 is 0 Å². The molecule has 4 rings (SSSR count). The molecule has 0 aliphatic heterocycles. The summed E-state index contributed by atoms with van der Waals surface area (Å²) in [5.41, 5.74) is 1.83. The van der Waals surface area contributed by atoms with Crippen LogP contribution >= 0.6 is 11.6 Å². The number of halogens is 2. The molecule has 4 nitrogen and oxygen atoms in total. The van der Waals surface area contributed by atoms with Crippen molar-refractivity contribution in [3.05, 3.63) is 70.8 Å². The van der Waals surface area contributed by atoms with E-state index in [1.807, 2.05) is 18.2 Å². The number of hydrogen-bond acceptors (Lipinski definition) is 4. The summed E-state index contributed by atoms with van der Waals surface area (Å²) in [5.74, 6) is 0.738. The van der Waals surface area contributed by atoms with Crippen molar-refractivity contribution in [2.75, 3.05) is 0 Å². The number of nitrogens with zero attached hydrogens (tertiary/aromatic N) is 3. The maximum Gasteiger partial charge on any atom is 0.241 e. The molecule has 26 heavy (non-hydrogen) atoms. The van der Waals surface area contributed by atoms with Crippen molar-refractivity contribution in [2.24, 2.45) is 0 Å². The first-order valence-corrected chi connectivity index (χ1v) is 9.08. The maximum atomic E-state index is 13.1. The van der Waals surface area contributed by atoms with Crippen molar-refractivity contribution in [2.45, 2.75) is 38.4 Å². The number of rotatable bonds is 6. The van der Waals surface area contributed by atoms with E-state index in [4.69, 9.17) is 16.1 Å². The van der Waals surface area contributed by atoms with Gasteiger partial charge in [0, 0.05) is 22.7 Å². The van der Waals surface area contributed by atoms with Gasteiger partial charge in [-0.15, -0.1) is 0 Å². The van der Waals surface area contributed by atoms with Gasteiger partial charge in [0.05, 0.1) is 6.54 Å². The van der Waals surface area contributed by atoms with Gasteiger partial charge in [-0.2, -0.15) is 4.98 Å². The third kappa shape index (κ3) is 3.64. The van der Waals surface area contributed by atoms with Gasteiger partial charge in [-0.1, -0.05) is 35.0 Å². The van der Waals surface area contributed by atoms with Gasteiger partial charge >= 0.3 is 0 Å². The molecule has 1 aliphatic rings. The molecule has 2 aromatic carbocycles. The summed E-state index contributed by atoms with van der Waals surface area (Å²) in [4.78, 5) is 6.83. The van der Waals surface area contributed by atoms with Crippen LogP contribution in [0.2, 0.25) is 5.02 Å². The highest BCUT2D eigenvalue weighted by atomic mass is 35.5. The lowest BCUT2D eigenvalue weighted by atomic mass is 10.1. The van der Waals surface area contributed by atoms with Crippen molar-refractivity contribution in [3.63, 3.8) is 0 Å². The number of benzene rings is 2. The van der Waals surface area contributed by atoms with Gasteiger partial charge in [0.25, 0.3) is 0 Å². The predicted octanol–water partition coefficient (Wildman–Crippen LogP) is 5.25. The average molecular weight is 372 g/mol. The molecule has 1 aliphatic carbocycles. The fraction of sp³-hybridized carbons (Fsp3) is 0.300. The molecule has 1 heterocycles. The maximum absolute atomic E-state index is 13.1. The summed E-state index contributed by atoms with van der Waals surface area (Å²) in [6.07, 6.45) is 2.32. The number of aromatic nitrogens is 2. The molecule has 0 bridgehead atoms. The van der Waals surface area contributed by atoms with E-state index in [2.05, 4.69) is 28.0 Å². The lowest BCUT2D eigenvalue weighted by Crippen LogP contribution is -2.29. The molecule has 3 aromatic rings. The Morgan fingerprint density at radius 2 is 1.92 bits per heavy atom. The first kappa shape index (κ1) is 17.2. The zero-order valence-corrected chi connectivity index (χ0v) is 15.2. The Balaban J connectivity index is 1.54. The van der Waals surface area contributed by atoms with Crippen molar-refractivity contribution in [1.82, 2.24) is 15.0 Å². The highest BCUT2D eigenvalue weighted by Gasteiger charge is 2.34. The summed E-state index contributed by atoms with van der Waals surface area (Å²) in [6.45, 7) is 2.71. The Kier molecular flexibility index (Phi) is 4.74. The summed E-state index contributed by atoms with van der Waals surface area (Å²) >= 11 is 6.38. The molecule has 0 spiro atoms. The molecule has 0 amide bonds. The Morgan fingerprint density at radius 1 is 1.19 bits per heavy atom. The van der Waals surface area contributed by atoms with Crippen molar-refractivity contribution in [3.8, 4) is 11.4 Å². The Bertz CT molecular complexity index is 892. The molecule has 0 saturated heterocycles. The Morgan fingerprint density at radius 3 is 2.62 bits per heavy atom. The third-order valence-electron chi connectivity index (χ3n) is 4.76. The smallest absolute Gasteiger partial charge is 0.241 e. The molecule has 0 N–H and O–H groups in total. The van der Waals surface area contributed by atoms with Crippen LogP contribution in [0.1, 0.15) is 37.3 Å². The van der Waals surface area contributed by atoms with Gasteiger partial charge in [-0.3, -0.25) is 4.90 Å². The zero-order chi connectivity index (χ0) is 18.1. The monoisotopic (exact) mass is 371 g/mol. The van der Waals surface area contributed by atoms with Crippen LogP contribution in [0.4, 0.5) is 4.39 Å². The quantitative estimate of drug-likeness (QED) is 0.593. The average Bonchev–Trinajstić information content (AvgIpc) is 3.38. The molecular weight excluding hydrogens is 353 g/mol. The molecule has 1 saturated carbocycles. The second-order valence-corrected chi connectivity index (χ2v) is 7.03. The molecule has 1 aromatic heterocycles. The summed E-state index contributed by atoms with van der Waals surface area (Å²) < 4.78 is 18.5. The van der Waals surface area contributed by atoms with E-state index in [0.29, 0.717) is 24.3 Å². The number of hydrogen-bond donors (Lipinski definition) is 0. The third-order valence-corrected chi connectivity index (χ3v) is 5.10. The van der Waals surface area contributed by atoms with Gasteiger partial charge in [0.2, 0.25) is 11.7 Å². The SMILES string of the molecule is CC(c1ccccc1Cl)N(Cc1nc(-c2ccc(F)cc2)no1)C1CC1. The first-order valence-electron chi connectivity index (χ1n) is 8.70. The van der Waals surface area contributed by atoms with Gasteiger partial charge in [-0.25, -0.2) is 4.39 Å². The van der Waals surface area contributed by atoms with Crippen LogP contribution in [0.5, 0.6) is 0 Å². The second-order valence-electron chi connectivity index (χ2n) is 6.62. The van der Waals surface area contributed by atoms with Crippen LogP contribution in [0, 0.1) is 5.82 Å². The minimum Gasteiger partial charge on any atom is -0.338 e. The van der Waals surface area contributed by atoms with Gasteiger partial charge in [0.1, 0.15) is 5.82 Å². The van der Waals surface area contributed by atoms with E-state index in [0.717, 1.165) is 29.0 Å². The topological polar surface area (TPSA) is 42.2 Å². The van der Waals surface area contributed by atoms with E-state index in [-0.39, 0.29) is 11.9 Å². The van der Waals surface area contributed by atoms with E-state index in [1.54, 1.807) is 12.1 Å². The summed E-state index contributed by atoms with van der Waals surface area (Å²) in [6, 6.07) is 14.6. The summed E-state index contributed by atoms with van der Waals surface area (Å²) in [5, 5.41) is 4.80. The normalized spacial score (nSPS) is 15.4. The van der Waals surface area contributed by atoms with Crippen molar-refractivity contribution >= 4 is 11.6 Å². The van der Waals surface area contributed by atoms with Crippen molar-refractivity contribution < 1.29 is 8.91 Å². The lowest BCUT2D eigenvalue weighted by Gasteiger charge is -2.28. The fourth-order valence-electron chi connectivity index (χ4n) is 3.17. The van der Waals surface area contributed by atoms with Crippen LogP contribution in [-0.2, 0) is 6.54 Å². The van der Waals surface area contributed by atoms with Gasteiger partial charge in [-0.05, 0) is 55.7 Å². The van der Waals surface area contributed by atoms with Gasteiger partial charge < -0.3 is 4.52 Å². The van der Waals surface area contributed by atoms with Crippen LogP contribution in [0.3, 0.4) is 0 Å². The van der Waals surface area contributed by atoms with Crippen LogP contribution in [-0.4, -0.2) is 21.1 Å². The van der Waals surface area contributed by atoms with E-state index in [1.165, 1.54) is 12.1 Å². The highest BCUT2D eigenvalue weighted by molar-refractivity contribution is 6.31. The molecule has 6 heteroatoms. The predicted molar refractivity (Wildman–Crippen MR) is 98.1 cm³/mol. The first-order chi connectivity index (χ1) is 12.6. The Labute approximate surface area is 156 Å². The molecular formula is C20H19ClFN3O. The van der Waals surface area contributed by atoms with Crippen molar-refractivity contribution in [1.29, 1.82) is 0 Å². The van der Waals surface area contributed by atoms with E-state index < -0.39 is 0 Å². The van der Waals surface area contributed by atoms with E-state index in [9.17, 15) is 4.39 Å². The minimum absolute atomic E-state index is 0.150. The van der Waals surface area contributed by atoms with Crippen LogP contribution in [0.25, 0.3) is 11.4 Å². The second kappa shape index (κ2) is 7.17. The van der Waals surface area contributed by atoms with E-state index >= 15 is 0 Å². The summed E-state index contributed by atoms with van der Waals surface area (Å²) in [7, 11) is 0. The minimum atomic E-state index is -0.286. The molecule has 1 atom stereocenters. The molecule has 134 valence electrons. The molecule has 1 fully saturated rings. The highest BCUT2D eigenvalue weighted by Crippen LogP contribution is 2.37. The fourth-order valence-corrected chi connectivity index (χ4v) is 3.47. The largest absolute Gasteiger partial charge is 0.338 e. The Hall–Kier alpha value is -2.24.